The van der Waals surface area contributed by atoms with E-state index in [1.54, 1.807) is 0 Å². The number of piperidine rings is 2. The second-order valence-corrected chi connectivity index (χ2v) is 4.71. The molecule has 2 nitrogen and oxygen atoms in total. The van der Waals surface area contributed by atoms with E-state index in [0.717, 1.165) is 38.4 Å². The minimum absolute atomic E-state index is 0.569. The number of nitrogens with zero attached hydrogens (tertiary/aromatic N) is 1. The molecule has 0 aromatic carbocycles. The highest BCUT2D eigenvalue weighted by atomic mass is 19.1. The SMILES string of the molecule is FC1CCCN(CC2CCCNC2)C1. The van der Waals surface area contributed by atoms with Gasteiger partial charge in [0, 0.05) is 13.1 Å². The van der Waals surface area contributed by atoms with Gasteiger partial charge < -0.3 is 10.2 Å². The van der Waals surface area contributed by atoms with Crippen LogP contribution in [0.3, 0.4) is 0 Å². The second-order valence-electron chi connectivity index (χ2n) is 4.71. The summed E-state index contributed by atoms with van der Waals surface area (Å²) < 4.78 is 13.1. The van der Waals surface area contributed by atoms with Crippen molar-refractivity contribution in [2.75, 3.05) is 32.7 Å². The molecule has 14 heavy (non-hydrogen) atoms. The van der Waals surface area contributed by atoms with E-state index < -0.39 is 6.17 Å². The molecule has 2 atom stereocenters. The summed E-state index contributed by atoms with van der Waals surface area (Å²) in [6.45, 7) is 5.19. The number of rotatable bonds is 2. The zero-order valence-corrected chi connectivity index (χ0v) is 8.84. The van der Waals surface area contributed by atoms with E-state index >= 15 is 0 Å². The van der Waals surface area contributed by atoms with Crippen LogP contribution < -0.4 is 5.32 Å². The van der Waals surface area contributed by atoms with Crippen LogP contribution in [0.2, 0.25) is 0 Å². The van der Waals surface area contributed by atoms with E-state index in [0.29, 0.717) is 6.54 Å². The van der Waals surface area contributed by atoms with Gasteiger partial charge in [0.2, 0.25) is 0 Å². The first-order valence-corrected chi connectivity index (χ1v) is 5.92. The number of likely N-dealkylation sites (tertiary alicyclic amines) is 1. The van der Waals surface area contributed by atoms with Crippen molar-refractivity contribution < 1.29 is 4.39 Å². The van der Waals surface area contributed by atoms with Gasteiger partial charge in [0.05, 0.1) is 0 Å². The average molecular weight is 200 g/mol. The quantitative estimate of drug-likeness (QED) is 0.725. The standard InChI is InChI=1S/C11H21FN2/c12-11-4-2-6-14(9-11)8-10-3-1-5-13-7-10/h10-11,13H,1-9H2. The number of hydrogen-bond acceptors (Lipinski definition) is 2. The van der Waals surface area contributed by atoms with E-state index in [1.807, 2.05) is 0 Å². The Kier molecular flexibility index (Phi) is 3.76. The Balaban J connectivity index is 1.72. The van der Waals surface area contributed by atoms with Gasteiger partial charge in [-0.25, -0.2) is 4.39 Å². The molecular weight excluding hydrogens is 179 g/mol. The van der Waals surface area contributed by atoms with Crippen LogP contribution in [0.5, 0.6) is 0 Å². The monoisotopic (exact) mass is 200 g/mol. The van der Waals surface area contributed by atoms with Crippen molar-refractivity contribution in [2.24, 2.45) is 5.92 Å². The third kappa shape index (κ3) is 2.92. The second kappa shape index (κ2) is 5.08. The van der Waals surface area contributed by atoms with Gasteiger partial charge in [-0.2, -0.15) is 0 Å². The number of hydrogen-bond donors (Lipinski definition) is 1. The summed E-state index contributed by atoms with van der Waals surface area (Å²) in [6.07, 6.45) is 3.86. The fraction of sp³-hybridized carbons (Fsp3) is 1.00. The van der Waals surface area contributed by atoms with E-state index in [2.05, 4.69) is 10.2 Å². The van der Waals surface area contributed by atoms with Crippen molar-refractivity contribution in [1.82, 2.24) is 10.2 Å². The van der Waals surface area contributed by atoms with Crippen molar-refractivity contribution >= 4 is 0 Å². The van der Waals surface area contributed by atoms with Crippen LogP contribution in [0, 0.1) is 5.92 Å². The van der Waals surface area contributed by atoms with Crippen LogP contribution in [0.4, 0.5) is 4.39 Å². The van der Waals surface area contributed by atoms with Crippen molar-refractivity contribution in [3.8, 4) is 0 Å². The average Bonchev–Trinajstić information content (AvgIpc) is 2.19. The molecule has 0 spiro atoms. The Morgan fingerprint density at radius 1 is 1.29 bits per heavy atom. The summed E-state index contributed by atoms with van der Waals surface area (Å²) in [5.74, 6) is 0.758. The minimum Gasteiger partial charge on any atom is -0.316 e. The van der Waals surface area contributed by atoms with Crippen LogP contribution in [0.15, 0.2) is 0 Å². The van der Waals surface area contributed by atoms with E-state index in [1.165, 1.54) is 19.4 Å². The molecule has 0 amide bonds. The Hall–Kier alpha value is -0.150. The van der Waals surface area contributed by atoms with Crippen LogP contribution >= 0.6 is 0 Å². The van der Waals surface area contributed by atoms with Crippen LogP contribution in [0.25, 0.3) is 0 Å². The molecule has 82 valence electrons. The molecule has 0 aliphatic carbocycles. The highest BCUT2D eigenvalue weighted by molar-refractivity contribution is 4.77. The highest BCUT2D eigenvalue weighted by Crippen LogP contribution is 2.17. The summed E-state index contributed by atoms with van der Waals surface area (Å²) in [4.78, 5) is 2.31. The Morgan fingerprint density at radius 2 is 2.21 bits per heavy atom. The Morgan fingerprint density at radius 3 is 2.93 bits per heavy atom. The lowest BCUT2D eigenvalue weighted by molar-refractivity contribution is 0.116. The van der Waals surface area contributed by atoms with Crippen LogP contribution in [-0.2, 0) is 0 Å². The smallest absolute Gasteiger partial charge is 0.113 e. The van der Waals surface area contributed by atoms with Crippen molar-refractivity contribution in [2.45, 2.75) is 31.9 Å². The summed E-state index contributed by atoms with van der Waals surface area (Å²) in [5, 5.41) is 3.42. The molecule has 2 aliphatic rings. The molecule has 0 aromatic heterocycles. The molecule has 2 heterocycles. The molecule has 2 saturated heterocycles. The third-order valence-electron chi connectivity index (χ3n) is 3.36. The maximum Gasteiger partial charge on any atom is 0.113 e. The maximum atomic E-state index is 13.1. The lowest BCUT2D eigenvalue weighted by Gasteiger charge is -2.33. The van der Waals surface area contributed by atoms with Crippen LogP contribution in [0.1, 0.15) is 25.7 Å². The molecular formula is C11H21FN2. The van der Waals surface area contributed by atoms with Crippen molar-refractivity contribution in [3.63, 3.8) is 0 Å². The van der Waals surface area contributed by atoms with Gasteiger partial charge in [0.1, 0.15) is 6.17 Å². The highest BCUT2D eigenvalue weighted by Gasteiger charge is 2.22. The first kappa shape index (κ1) is 10.4. The molecule has 3 heteroatoms. The molecule has 2 unspecified atom stereocenters. The Labute approximate surface area is 85.9 Å². The topological polar surface area (TPSA) is 15.3 Å². The first-order valence-electron chi connectivity index (χ1n) is 5.92. The first-order chi connectivity index (χ1) is 6.84. The van der Waals surface area contributed by atoms with E-state index in [4.69, 9.17) is 0 Å². The zero-order valence-electron chi connectivity index (χ0n) is 8.84. The normalized spacial score (nSPS) is 35.8. The number of nitrogens with one attached hydrogen (secondary N) is 1. The van der Waals surface area contributed by atoms with E-state index in [9.17, 15) is 4.39 Å². The molecule has 0 saturated carbocycles. The van der Waals surface area contributed by atoms with Gasteiger partial charge >= 0.3 is 0 Å². The number of halogens is 1. The van der Waals surface area contributed by atoms with Gasteiger partial charge in [-0.3, -0.25) is 0 Å². The van der Waals surface area contributed by atoms with Crippen LogP contribution in [-0.4, -0.2) is 43.8 Å². The molecule has 2 fully saturated rings. The lowest BCUT2D eigenvalue weighted by Crippen LogP contribution is -2.43. The summed E-state index contributed by atoms with van der Waals surface area (Å²) >= 11 is 0. The molecule has 1 N–H and O–H groups in total. The van der Waals surface area contributed by atoms with Gasteiger partial charge in [-0.15, -0.1) is 0 Å². The summed E-state index contributed by atoms with van der Waals surface area (Å²) in [5.41, 5.74) is 0. The molecule has 2 rings (SSSR count). The fourth-order valence-electron chi connectivity index (χ4n) is 2.61. The third-order valence-corrected chi connectivity index (χ3v) is 3.36. The maximum absolute atomic E-state index is 13.1. The largest absolute Gasteiger partial charge is 0.316 e. The Bertz CT molecular complexity index is 169. The molecule has 2 aliphatic heterocycles. The fourth-order valence-corrected chi connectivity index (χ4v) is 2.61. The minimum atomic E-state index is -0.569. The van der Waals surface area contributed by atoms with Gasteiger partial charge in [0.15, 0.2) is 0 Å². The molecule has 0 aromatic rings. The summed E-state index contributed by atoms with van der Waals surface area (Å²) in [6, 6.07) is 0. The predicted molar refractivity (Wildman–Crippen MR) is 56.2 cm³/mol. The van der Waals surface area contributed by atoms with Gasteiger partial charge in [-0.1, -0.05) is 0 Å². The molecule has 0 bridgehead atoms. The lowest BCUT2D eigenvalue weighted by atomic mass is 9.98. The van der Waals surface area contributed by atoms with Crippen molar-refractivity contribution in [1.29, 1.82) is 0 Å². The van der Waals surface area contributed by atoms with Crippen molar-refractivity contribution in [3.05, 3.63) is 0 Å². The number of alkyl halides is 1. The van der Waals surface area contributed by atoms with Gasteiger partial charge in [-0.05, 0) is 51.2 Å². The zero-order chi connectivity index (χ0) is 9.80. The van der Waals surface area contributed by atoms with E-state index in [-0.39, 0.29) is 0 Å². The van der Waals surface area contributed by atoms with Gasteiger partial charge in [0.25, 0.3) is 0 Å². The predicted octanol–water partition coefficient (Wildman–Crippen LogP) is 1.42. The molecule has 0 radical (unpaired) electrons. The summed E-state index contributed by atoms with van der Waals surface area (Å²) in [7, 11) is 0.